The van der Waals surface area contributed by atoms with Gasteiger partial charge in [0.15, 0.2) is 5.16 Å². The van der Waals surface area contributed by atoms with Gasteiger partial charge in [-0.25, -0.2) is 4.98 Å². The first-order valence-corrected chi connectivity index (χ1v) is 9.90. The number of nitrogens with one attached hydrogen (secondary N) is 2. The molecule has 0 saturated carbocycles. The van der Waals surface area contributed by atoms with E-state index in [-0.39, 0.29) is 17.2 Å². The summed E-state index contributed by atoms with van der Waals surface area (Å²) in [6.45, 7) is 3.98. The number of benzene rings is 2. The zero-order valence-corrected chi connectivity index (χ0v) is 16.7. The van der Waals surface area contributed by atoms with Crippen molar-refractivity contribution in [3.05, 3.63) is 63.9 Å². The highest BCUT2D eigenvalue weighted by Gasteiger charge is 2.15. The summed E-state index contributed by atoms with van der Waals surface area (Å²) in [5.41, 5.74) is 4.80. The van der Waals surface area contributed by atoms with E-state index in [1.807, 2.05) is 56.3 Å². The topological polar surface area (TPSA) is 79.8 Å². The van der Waals surface area contributed by atoms with Crippen molar-refractivity contribution in [1.29, 1.82) is 0 Å². The number of hydrogen-bond acceptors (Lipinski definition) is 4. The summed E-state index contributed by atoms with van der Waals surface area (Å²) in [5, 5.41) is 4.33. The van der Waals surface area contributed by atoms with Gasteiger partial charge in [0, 0.05) is 23.6 Å². The van der Waals surface area contributed by atoms with Crippen LogP contribution in [0, 0.1) is 13.8 Å². The number of carbonyl (C=O) groups is 1. The maximum absolute atomic E-state index is 12.7. The molecule has 0 unspecified atom stereocenters. The molecule has 0 aliphatic rings. The van der Waals surface area contributed by atoms with Crippen molar-refractivity contribution in [3.8, 4) is 0 Å². The predicted octanol–water partition coefficient (Wildman–Crippen LogP) is 3.76. The standard InChI is InChI=1S/C21H20N4O2S/c1-12-8-9-15(13(2)10-12)22-17(26)11-28-21-24-18-14-6-4-5-7-16(14)23-19(18)20(27)25(21)3/h4-10,23H,11H2,1-3H3,(H,22,26). The smallest absolute Gasteiger partial charge is 0.278 e. The van der Waals surface area contributed by atoms with Gasteiger partial charge >= 0.3 is 0 Å². The molecule has 142 valence electrons. The fourth-order valence-corrected chi connectivity index (χ4v) is 3.99. The molecule has 0 fully saturated rings. The highest BCUT2D eigenvalue weighted by Crippen LogP contribution is 2.24. The van der Waals surface area contributed by atoms with E-state index in [2.05, 4.69) is 15.3 Å². The van der Waals surface area contributed by atoms with Crippen LogP contribution in [-0.4, -0.2) is 26.2 Å². The number of carbonyl (C=O) groups excluding carboxylic acids is 1. The van der Waals surface area contributed by atoms with Gasteiger partial charge in [-0.1, -0.05) is 47.7 Å². The second-order valence-electron chi connectivity index (χ2n) is 6.81. The van der Waals surface area contributed by atoms with Crippen molar-refractivity contribution < 1.29 is 4.79 Å². The van der Waals surface area contributed by atoms with Gasteiger partial charge in [-0.2, -0.15) is 0 Å². The largest absolute Gasteiger partial charge is 0.349 e. The minimum Gasteiger partial charge on any atom is -0.349 e. The van der Waals surface area contributed by atoms with Crippen molar-refractivity contribution in [1.82, 2.24) is 14.5 Å². The van der Waals surface area contributed by atoms with Gasteiger partial charge in [0.05, 0.1) is 5.75 Å². The number of rotatable bonds is 4. The zero-order chi connectivity index (χ0) is 19.8. The summed E-state index contributed by atoms with van der Waals surface area (Å²) in [6, 6.07) is 13.6. The van der Waals surface area contributed by atoms with Gasteiger partial charge in [-0.05, 0) is 31.5 Å². The summed E-state index contributed by atoms with van der Waals surface area (Å²) >= 11 is 1.25. The monoisotopic (exact) mass is 392 g/mol. The average Bonchev–Trinajstić information content (AvgIpc) is 3.04. The normalized spacial score (nSPS) is 11.2. The number of aryl methyl sites for hydroxylation is 2. The summed E-state index contributed by atoms with van der Waals surface area (Å²) in [5.74, 6) is 0.0341. The molecular weight excluding hydrogens is 372 g/mol. The molecule has 0 bridgehead atoms. The van der Waals surface area contributed by atoms with Crippen LogP contribution >= 0.6 is 11.8 Å². The second kappa shape index (κ2) is 7.16. The predicted molar refractivity (Wildman–Crippen MR) is 114 cm³/mol. The molecule has 2 aromatic heterocycles. The van der Waals surface area contributed by atoms with Crippen molar-refractivity contribution in [3.63, 3.8) is 0 Å². The van der Waals surface area contributed by atoms with Gasteiger partial charge in [-0.3, -0.25) is 14.2 Å². The quantitative estimate of drug-likeness (QED) is 0.409. The average molecular weight is 392 g/mol. The molecule has 6 nitrogen and oxygen atoms in total. The summed E-state index contributed by atoms with van der Waals surface area (Å²) in [7, 11) is 1.67. The fourth-order valence-electron chi connectivity index (χ4n) is 3.22. The Hall–Kier alpha value is -3.06. The number of para-hydroxylation sites is 1. The minimum atomic E-state index is -0.154. The Balaban J connectivity index is 1.59. The number of aromatic amines is 1. The molecule has 0 aliphatic heterocycles. The van der Waals surface area contributed by atoms with Crippen LogP contribution in [0.1, 0.15) is 11.1 Å². The van der Waals surface area contributed by atoms with Crippen LogP contribution in [0.5, 0.6) is 0 Å². The molecule has 28 heavy (non-hydrogen) atoms. The first-order valence-electron chi connectivity index (χ1n) is 8.91. The lowest BCUT2D eigenvalue weighted by Crippen LogP contribution is -2.21. The Kier molecular flexibility index (Phi) is 4.68. The number of amides is 1. The number of anilines is 1. The van der Waals surface area contributed by atoms with Crippen molar-refractivity contribution in [2.24, 2.45) is 7.05 Å². The molecule has 0 spiro atoms. The van der Waals surface area contributed by atoms with Crippen LogP contribution in [0.25, 0.3) is 21.9 Å². The van der Waals surface area contributed by atoms with Crippen molar-refractivity contribution in [2.45, 2.75) is 19.0 Å². The highest BCUT2D eigenvalue weighted by atomic mass is 32.2. The maximum atomic E-state index is 12.7. The van der Waals surface area contributed by atoms with E-state index >= 15 is 0 Å². The molecule has 0 atom stereocenters. The van der Waals surface area contributed by atoms with Crippen molar-refractivity contribution >= 4 is 45.3 Å². The molecular formula is C21H20N4O2S. The Bertz CT molecular complexity index is 1270. The van der Waals surface area contributed by atoms with Crippen LogP contribution in [-0.2, 0) is 11.8 Å². The Morgan fingerprint density at radius 1 is 1.21 bits per heavy atom. The first-order chi connectivity index (χ1) is 13.4. The van der Waals surface area contributed by atoms with Crippen LogP contribution in [0.15, 0.2) is 52.4 Å². The third-order valence-corrected chi connectivity index (χ3v) is 5.71. The molecule has 0 aliphatic carbocycles. The molecule has 0 saturated heterocycles. The number of fused-ring (bicyclic) bond motifs is 3. The number of aromatic nitrogens is 3. The van der Waals surface area contributed by atoms with Crippen LogP contribution in [0.2, 0.25) is 0 Å². The Labute approximate surface area is 166 Å². The van der Waals surface area contributed by atoms with Gasteiger partial charge in [0.2, 0.25) is 5.91 Å². The molecule has 2 heterocycles. The Morgan fingerprint density at radius 2 is 2.00 bits per heavy atom. The van der Waals surface area contributed by atoms with E-state index in [1.54, 1.807) is 7.05 Å². The summed E-state index contributed by atoms with van der Waals surface area (Å²) in [4.78, 5) is 32.9. The van der Waals surface area contributed by atoms with Gasteiger partial charge in [-0.15, -0.1) is 0 Å². The fraction of sp³-hybridized carbons (Fsp3) is 0.190. The highest BCUT2D eigenvalue weighted by molar-refractivity contribution is 7.99. The number of thioether (sulfide) groups is 1. The van der Waals surface area contributed by atoms with Crippen LogP contribution in [0.4, 0.5) is 5.69 Å². The summed E-state index contributed by atoms with van der Waals surface area (Å²) < 4.78 is 1.48. The number of nitrogens with zero attached hydrogens (tertiary/aromatic N) is 2. The Morgan fingerprint density at radius 3 is 2.79 bits per heavy atom. The second-order valence-corrected chi connectivity index (χ2v) is 7.75. The van der Waals surface area contributed by atoms with Gasteiger partial charge in [0.25, 0.3) is 5.56 Å². The van der Waals surface area contributed by atoms with Crippen molar-refractivity contribution in [2.75, 3.05) is 11.1 Å². The van der Waals surface area contributed by atoms with Crippen LogP contribution < -0.4 is 10.9 Å². The molecule has 2 N–H and O–H groups in total. The van der Waals surface area contributed by atoms with Gasteiger partial charge in [0.1, 0.15) is 11.0 Å². The number of H-pyrrole nitrogens is 1. The molecule has 4 aromatic rings. The van der Waals surface area contributed by atoms with E-state index in [0.717, 1.165) is 27.7 Å². The van der Waals surface area contributed by atoms with E-state index in [0.29, 0.717) is 16.2 Å². The lowest BCUT2D eigenvalue weighted by atomic mass is 10.1. The van der Waals surface area contributed by atoms with Gasteiger partial charge < -0.3 is 10.3 Å². The van der Waals surface area contributed by atoms with E-state index in [9.17, 15) is 9.59 Å². The number of hydrogen-bond donors (Lipinski definition) is 2. The lowest BCUT2D eigenvalue weighted by Gasteiger charge is -2.10. The summed E-state index contributed by atoms with van der Waals surface area (Å²) in [6.07, 6.45) is 0. The SMILES string of the molecule is Cc1ccc(NC(=O)CSc2nc3c([nH]c4ccccc43)c(=O)n2C)c(C)c1. The molecule has 7 heteroatoms. The zero-order valence-electron chi connectivity index (χ0n) is 15.9. The molecule has 1 amide bonds. The van der Waals surface area contributed by atoms with E-state index < -0.39 is 0 Å². The molecule has 2 aromatic carbocycles. The molecule has 0 radical (unpaired) electrons. The van der Waals surface area contributed by atoms with E-state index in [4.69, 9.17) is 0 Å². The first kappa shape index (κ1) is 18.3. The minimum absolute atomic E-state index is 0.134. The van der Waals surface area contributed by atoms with E-state index in [1.165, 1.54) is 16.3 Å². The third-order valence-electron chi connectivity index (χ3n) is 4.68. The third kappa shape index (κ3) is 3.29. The maximum Gasteiger partial charge on any atom is 0.278 e. The molecule has 4 rings (SSSR count). The lowest BCUT2D eigenvalue weighted by molar-refractivity contribution is -0.113. The van der Waals surface area contributed by atoms with Crippen LogP contribution in [0.3, 0.4) is 0 Å².